The fourth-order valence-electron chi connectivity index (χ4n) is 3.69. The van der Waals surface area contributed by atoms with Crippen molar-refractivity contribution in [3.05, 3.63) is 35.9 Å². The van der Waals surface area contributed by atoms with Gasteiger partial charge in [-0.05, 0) is 31.4 Å². The standard InChI is InChI=1S/C20H27NO5/c1-5-9-14-12-15(13-16(25-3)17(14)26-4)18(22)21(2)20(19(23)24)10-7-6-8-11-20/h5,12-13H,1,6-11H2,2-4H3,(H,23,24). The lowest BCUT2D eigenvalue weighted by molar-refractivity contribution is -0.151. The van der Waals surface area contributed by atoms with E-state index >= 15 is 0 Å². The number of nitrogens with zero attached hydrogens (tertiary/aromatic N) is 1. The quantitative estimate of drug-likeness (QED) is 0.754. The number of rotatable bonds is 7. The van der Waals surface area contributed by atoms with Gasteiger partial charge in [-0.25, -0.2) is 4.79 Å². The van der Waals surface area contributed by atoms with E-state index in [-0.39, 0.29) is 5.91 Å². The molecule has 0 aliphatic heterocycles. The van der Waals surface area contributed by atoms with E-state index in [4.69, 9.17) is 9.47 Å². The number of methoxy groups -OCH3 is 2. The Kier molecular flexibility index (Phi) is 6.29. The molecule has 142 valence electrons. The molecule has 1 aromatic carbocycles. The van der Waals surface area contributed by atoms with Crippen LogP contribution in [0.5, 0.6) is 11.5 Å². The summed E-state index contributed by atoms with van der Waals surface area (Å²) in [6.07, 6.45) is 5.77. The molecule has 0 bridgehead atoms. The summed E-state index contributed by atoms with van der Waals surface area (Å²) < 4.78 is 10.8. The molecule has 26 heavy (non-hydrogen) atoms. The molecule has 1 N–H and O–H groups in total. The average molecular weight is 361 g/mol. The highest BCUT2D eigenvalue weighted by molar-refractivity contribution is 5.98. The Bertz CT molecular complexity index is 692. The average Bonchev–Trinajstić information content (AvgIpc) is 2.66. The van der Waals surface area contributed by atoms with Crippen LogP contribution in [0.15, 0.2) is 24.8 Å². The number of likely N-dealkylation sites (N-methyl/N-ethyl adjacent to an activating group) is 1. The minimum Gasteiger partial charge on any atom is -0.493 e. The van der Waals surface area contributed by atoms with Crippen LogP contribution in [0.2, 0.25) is 0 Å². The van der Waals surface area contributed by atoms with Gasteiger partial charge in [0.2, 0.25) is 0 Å². The summed E-state index contributed by atoms with van der Waals surface area (Å²) in [7, 11) is 4.62. The minimum atomic E-state index is -1.15. The molecule has 0 unspecified atom stereocenters. The summed E-state index contributed by atoms with van der Waals surface area (Å²) in [5.74, 6) is -0.283. The number of hydrogen-bond acceptors (Lipinski definition) is 4. The van der Waals surface area contributed by atoms with Gasteiger partial charge in [-0.1, -0.05) is 25.3 Å². The fourth-order valence-corrected chi connectivity index (χ4v) is 3.69. The molecule has 1 aromatic rings. The summed E-state index contributed by atoms with van der Waals surface area (Å²) in [6.45, 7) is 3.73. The first kappa shape index (κ1) is 19.8. The molecular weight excluding hydrogens is 334 g/mol. The summed E-state index contributed by atoms with van der Waals surface area (Å²) in [5.41, 5.74) is 0.000919. The Hall–Kier alpha value is -2.50. The zero-order chi connectivity index (χ0) is 19.3. The van der Waals surface area contributed by atoms with Crippen LogP contribution in [0, 0.1) is 0 Å². The second-order valence-electron chi connectivity index (χ2n) is 6.63. The lowest BCUT2D eigenvalue weighted by Gasteiger charge is -2.41. The molecule has 1 fully saturated rings. The van der Waals surface area contributed by atoms with Gasteiger partial charge in [0.05, 0.1) is 14.2 Å². The van der Waals surface area contributed by atoms with Crippen molar-refractivity contribution in [3.63, 3.8) is 0 Å². The van der Waals surface area contributed by atoms with Gasteiger partial charge in [-0.15, -0.1) is 6.58 Å². The van der Waals surface area contributed by atoms with E-state index in [9.17, 15) is 14.7 Å². The molecule has 1 aliphatic carbocycles. The summed E-state index contributed by atoms with van der Waals surface area (Å²) in [5, 5.41) is 9.82. The molecule has 6 nitrogen and oxygen atoms in total. The highest BCUT2D eigenvalue weighted by atomic mass is 16.5. The normalized spacial score (nSPS) is 15.8. The molecule has 0 aromatic heterocycles. The van der Waals surface area contributed by atoms with Gasteiger partial charge < -0.3 is 19.5 Å². The smallest absolute Gasteiger partial charge is 0.329 e. The van der Waals surface area contributed by atoms with Crippen LogP contribution in [-0.4, -0.2) is 48.7 Å². The van der Waals surface area contributed by atoms with E-state index in [0.29, 0.717) is 36.3 Å². The predicted octanol–water partition coefficient (Wildman–Crippen LogP) is 3.29. The molecule has 1 saturated carbocycles. The van der Waals surface area contributed by atoms with Crippen molar-refractivity contribution in [1.29, 1.82) is 0 Å². The number of hydrogen-bond donors (Lipinski definition) is 1. The van der Waals surface area contributed by atoms with E-state index < -0.39 is 11.5 Å². The number of benzene rings is 1. The first-order chi connectivity index (χ1) is 12.4. The maximum atomic E-state index is 13.1. The Balaban J connectivity index is 2.45. The second kappa shape index (κ2) is 8.25. The SMILES string of the molecule is C=CCc1cc(C(=O)N(C)C2(C(=O)O)CCCCC2)cc(OC)c1OC. The molecular formula is C20H27NO5. The van der Waals surface area contributed by atoms with Crippen LogP contribution in [0.1, 0.15) is 48.0 Å². The van der Waals surface area contributed by atoms with E-state index in [0.717, 1.165) is 24.8 Å². The van der Waals surface area contributed by atoms with Crippen LogP contribution in [-0.2, 0) is 11.2 Å². The van der Waals surface area contributed by atoms with Crippen molar-refractivity contribution in [3.8, 4) is 11.5 Å². The maximum absolute atomic E-state index is 13.1. The van der Waals surface area contributed by atoms with Crippen molar-refractivity contribution in [2.24, 2.45) is 0 Å². The molecule has 1 aliphatic rings. The number of ether oxygens (including phenoxy) is 2. The van der Waals surface area contributed by atoms with E-state index in [2.05, 4.69) is 6.58 Å². The molecule has 6 heteroatoms. The van der Waals surface area contributed by atoms with Gasteiger partial charge >= 0.3 is 5.97 Å². The zero-order valence-corrected chi connectivity index (χ0v) is 15.7. The highest BCUT2D eigenvalue weighted by Gasteiger charge is 2.45. The molecule has 0 spiro atoms. The van der Waals surface area contributed by atoms with Gasteiger partial charge in [0.15, 0.2) is 11.5 Å². The summed E-state index contributed by atoms with van der Waals surface area (Å²) in [4.78, 5) is 26.5. The molecule has 0 saturated heterocycles. The number of carboxylic acid groups (broad SMARTS) is 1. The third kappa shape index (κ3) is 3.54. The maximum Gasteiger partial charge on any atom is 0.329 e. The van der Waals surface area contributed by atoms with E-state index in [1.54, 1.807) is 32.4 Å². The van der Waals surface area contributed by atoms with E-state index in [1.807, 2.05) is 0 Å². The van der Waals surface area contributed by atoms with Crippen molar-refractivity contribution < 1.29 is 24.2 Å². The Morgan fingerprint density at radius 2 is 1.88 bits per heavy atom. The predicted molar refractivity (Wildman–Crippen MR) is 99.0 cm³/mol. The molecule has 2 rings (SSSR count). The number of carboxylic acids is 1. The van der Waals surface area contributed by atoms with Crippen LogP contribution in [0.25, 0.3) is 0 Å². The molecule has 1 amide bonds. The number of aliphatic carboxylic acids is 1. The minimum absolute atomic E-state index is 0.333. The Morgan fingerprint density at radius 3 is 2.38 bits per heavy atom. The van der Waals surface area contributed by atoms with Crippen molar-refractivity contribution in [2.45, 2.75) is 44.1 Å². The first-order valence-corrected chi connectivity index (χ1v) is 8.78. The summed E-state index contributed by atoms with van der Waals surface area (Å²) in [6, 6.07) is 3.32. The Morgan fingerprint density at radius 1 is 1.23 bits per heavy atom. The van der Waals surface area contributed by atoms with E-state index in [1.165, 1.54) is 12.0 Å². The monoisotopic (exact) mass is 361 g/mol. The first-order valence-electron chi connectivity index (χ1n) is 8.78. The van der Waals surface area contributed by atoms with Gasteiger partial charge in [0.25, 0.3) is 5.91 Å². The zero-order valence-electron chi connectivity index (χ0n) is 15.7. The van der Waals surface area contributed by atoms with Gasteiger partial charge in [-0.3, -0.25) is 4.79 Å². The highest BCUT2D eigenvalue weighted by Crippen LogP contribution is 2.37. The van der Waals surface area contributed by atoms with Crippen LogP contribution in [0.3, 0.4) is 0 Å². The topological polar surface area (TPSA) is 76.1 Å². The number of carbonyl (C=O) groups is 2. The van der Waals surface area contributed by atoms with Crippen LogP contribution >= 0.6 is 0 Å². The molecule has 0 atom stereocenters. The number of carbonyl (C=O) groups excluding carboxylic acids is 1. The summed E-state index contributed by atoms with van der Waals surface area (Å²) >= 11 is 0. The fraction of sp³-hybridized carbons (Fsp3) is 0.500. The lowest BCUT2D eigenvalue weighted by Crippen LogP contribution is -2.56. The molecule has 0 radical (unpaired) electrons. The second-order valence-corrected chi connectivity index (χ2v) is 6.63. The van der Waals surface area contributed by atoms with Crippen LogP contribution < -0.4 is 9.47 Å². The van der Waals surface area contributed by atoms with Crippen LogP contribution in [0.4, 0.5) is 0 Å². The third-order valence-electron chi connectivity index (χ3n) is 5.19. The molecule has 0 heterocycles. The largest absolute Gasteiger partial charge is 0.493 e. The van der Waals surface area contributed by atoms with Gasteiger partial charge in [-0.2, -0.15) is 0 Å². The van der Waals surface area contributed by atoms with Gasteiger partial charge in [0, 0.05) is 18.2 Å². The van der Waals surface area contributed by atoms with Crippen molar-refractivity contribution >= 4 is 11.9 Å². The number of allylic oxidation sites excluding steroid dienone is 1. The van der Waals surface area contributed by atoms with Crippen molar-refractivity contribution in [2.75, 3.05) is 21.3 Å². The Labute approximate surface area is 154 Å². The van der Waals surface area contributed by atoms with Gasteiger partial charge in [0.1, 0.15) is 5.54 Å². The van der Waals surface area contributed by atoms with Crippen molar-refractivity contribution in [1.82, 2.24) is 4.90 Å². The lowest BCUT2D eigenvalue weighted by atomic mass is 9.80. The third-order valence-corrected chi connectivity index (χ3v) is 5.19. The number of amides is 1.